The van der Waals surface area contributed by atoms with E-state index in [1.165, 1.54) is 5.57 Å². The molecule has 1 rings (SSSR count). The summed E-state index contributed by atoms with van der Waals surface area (Å²) in [5.41, 5.74) is 2.24. The summed E-state index contributed by atoms with van der Waals surface area (Å²) in [6.45, 7) is 6.41. The maximum atomic E-state index is 4.27. The average molecular weight is 187 g/mol. The molecule has 0 aliphatic heterocycles. The molecule has 1 heterocycles. The van der Waals surface area contributed by atoms with Gasteiger partial charge >= 0.3 is 0 Å². The zero-order chi connectivity index (χ0) is 10.4. The Bertz CT molecular complexity index is 320. The highest BCUT2D eigenvalue weighted by Crippen LogP contribution is 2.09. The van der Waals surface area contributed by atoms with Crippen LogP contribution in [0.3, 0.4) is 0 Å². The van der Waals surface area contributed by atoms with Gasteiger partial charge in [-0.3, -0.25) is 4.98 Å². The maximum Gasteiger partial charge on any atom is 0.0658 e. The van der Waals surface area contributed by atoms with Crippen molar-refractivity contribution in [2.75, 3.05) is 0 Å². The van der Waals surface area contributed by atoms with E-state index in [0.717, 1.165) is 5.69 Å². The minimum Gasteiger partial charge on any atom is -0.257 e. The van der Waals surface area contributed by atoms with Crippen LogP contribution in [0, 0.1) is 5.92 Å². The van der Waals surface area contributed by atoms with Gasteiger partial charge in [-0.25, -0.2) is 0 Å². The van der Waals surface area contributed by atoms with Gasteiger partial charge in [0.2, 0.25) is 0 Å². The molecular formula is C13H17N. The van der Waals surface area contributed by atoms with Gasteiger partial charge in [0.25, 0.3) is 0 Å². The van der Waals surface area contributed by atoms with Crippen molar-refractivity contribution >= 4 is 5.57 Å². The van der Waals surface area contributed by atoms with E-state index in [9.17, 15) is 0 Å². The molecule has 1 heteroatoms. The summed E-state index contributed by atoms with van der Waals surface area (Å²) >= 11 is 0. The Kier molecular flexibility index (Phi) is 4.11. The molecule has 0 bridgehead atoms. The second-order valence-corrected chi connectivity index (χ2v) is 3.69. The monoisotopic (exact) mass is 187 g/mol. The number of allylic oxidation sites excluding steroid dienone is 4. The zero-order valence-corrected chi connectivity index (χ0v) is 9.07. The molecular weight excluding hydrogens is 170 g/mol. The lowest BCUT2D eigenvalue weighted by Crippen LogP contribution is -1.83. The van der Waals surface area contributed by atoms with Gasteiger partial charge in [0.05, 0.1) is 5.69 Å². The number of rotatable bonds is 3. The third-order valence-electron chi connectivity index (χ3n) is 1.91. The lowest BCUT2D eigenvalue weighted by Gasteiger charge is -1.97. The summed E-state index contributed by atoms with van der Waals surface area (Å²) in [7, 11) is 0. The van der Waals surface area contributed by atoms with Gasteiger partial charge in [-0.2, -0.15) is 0 Å². The fourth-order valence-corrected chi connectivity index (χ4v) is 1.10. The SMILES string of the molecule is C/C(=C\C=C\C(C)C)c1ccccn1. The van der Waals surface area contributed by atoms with Crippen molar-refractivity contribution in [3.05, 3.63) is 48.3 Å². The molecule has 0 spiro atoms. The quantitative estimate of drug-likeness (QED) is 0.657. The molecule has 74 valence electrons. The van der Waals surface area contributed by atoms with Crippen molar-refractivity contribution in [1.82, 2.24) is 4.98 Å². The predicted molar refractivity (Wildman–Crippen MR) is 61.9 cm³/mol. The van der Waals surface area contributed by atoms with Gasteiger partial charge in [0.15, 0.2) is 0 Å². The van der Waals surface area contributed by atoms with E-state index < -0.39 is 0 Å². The van der Waals surface area contributed by atoms with Crippen LogP contribution < -0.4 is 0 Å². The number of hydrogen-bond acceptors (Lipinski definition) is 1. The first-order valence-corrected chi connectivity index (χ1v) is 4.96. The summed E-state index contributed by atoms with van der Waals surface area (Å²) in [4.78, 5) is 4.27. The second kappa shape index (κ2) is 5.38. The van der Waals surface area contributed by atoms with Crippen LogP contribution in [0.5, 0.6) is 0 Å². The first kappa shape index (κ1) is 10.7. The van der Waals surface area contributed by atoms with Crippen molar-refractivity contribution in [2.24, 2.45) is 5.92 Å². The topological polar surface area (TPSA) is 12.9 Å². The average Bonchev–Trinajstić information content (AvgIpc) is 2.18. The molecule has 0 saturated heterocycles. The number of nitrogens with zero attached hydrogens (tertiary/aromatic N) is 1. The smallest absolute Gasteiger partial charge is 0.0658 e. The van der Waals surface area contributed by atoms with Gasteiger partial charge in [-0.1, -0.05) is 38.1 Å². The lowest BCUT2D eigenvalue weighted by atomic mass is 10.1. The van der Waals surface area contributed by atoms with Crippen LogP contribution in [0.1, 0.15) is 26.5 Å². The minimum atomic E-state index is 0.600. The zero-order valence-electron chi connectivity index (χ0n) is 9.07. The molecule has 0 saturated carbocycles. The fraction of sp³-hybridized carbons (Fsp3) is 0.308. The second-order valence-electron chi connectivity index (χ2n) is 3.69. The van der Waals surface area contributed by atoms with Crippen molar-refractivity contribution in [2.45, 2.75) is 20.8 Å². The van der Waals surface area contributed by atoms with Gasteiger partial charge in [0, 0.05) is 6.20 Å². The molecule has 0 radical (unpaired) electrons. The summed E-state index contributed by atoms with van der Waals surface area (Å²) in [5, 5.41) is 0. The third-order valence-corrected chi connectivity index (χ3v) is 1.91. The van der Waals surface area contributed by atoms with Gasteiger partial charge in [-0.15, -0.1) is 0 Å². The van der Waals surface area contributed by atoms with Crippen molar-refractivity contribution in [1.29, 1.82) is 0 Å². The van der Waals surface area contributed by atoms with Crippen molar-refractivity contribution in [3.8, 4) is 0 Å². The number of pyridine rings is 1. The summed E-state index contributed by atoms with van der Waals surface area (Å²) in [5.74, 6) is 0.600. The summed E-state index contributed by atoms with van der Waals surface area (Å²) < 4.78 is 0. The first-order valence-electron chi connectivity index (χ1n) is 4.96. The number of aromatic nitrogens is 1. The van der Waals surface area contributed by atoms with Crippen molar-refractivity contribution in [3.63, 3.8) is 0 Å². The Morgan fingerprint density at radius 2 is 2.14 bits per heavy atom. The standard InChI is InChI=1S/C13H17N/c1-11(2)7-6-8-12(3)13-9-4-5-10-14-13/h4-11H,1-3H3/b7-6+,12-8+. The van der Waals surface area contributed by atoms with E-state index in [1.807, 2.05) is 24.4 Å². The van der Waals surface area contributed by atoms with Gasteiger partial charge < -0.3 is 0 Å². The van der Waals surface area contributed by atoms with Gasteiger partial charge in [-0.05, 0) is 30.5 Å². The highest BCUT2D eigenvalue weighted by Gasteiger charge is 1.92. The molecule has 0 aromatic carbocycles. The van der Waals surface area contributed by atoms with E-state index in [0.29, 0.717) is 5.92 Å². The number of hydrogen-bond donors (Lipinski definition) is 0. The molecule has 0 aliphatic carbocycles. The van der Waals surface area contributed by atoms with E-state index in [-0.39, 0.29) is 0 Å². The summed E-state index contributed by atoms with van der Waals surface area (Å²) in [6.07, 6.45) is 8.18. The molecule has 0 amide bonds. The van der Waals surface area contributed by atoms with Crippen molar-refractivity contribution < 1.29 is 0 Å². The van der Waals surface area contributed by atoms with E-state index in [2.05, 4.69) is 44.0 Å². The van der Waals surface area contributed by atoms with Crippen LogP contribution >= 0.6 is 0 Å². The van der Waals surface area contributed by atoms with Crippen LogP contribution in [0.25, 0.3) is 5.57 Å². The largest absolute Gasteiger partial charge is 0.257 e. The Balaban J connectivity index is 2.71. The lowest BCUT2D eigenvalue weighted by molar-refractivity contribution is 0.832. The molecule has 0 N–H and O–H groups in total. The van der Waals surface area contributed by atoms with Gasteiger partial charge in [0.1, 0.15) is 0 Å². The van der Waals surface area contributed by atoms with E-state index >= 15 is 0 Å². The van der Waals surface area contributed by atoms with E-state index in [1.54, 1.807) is 0 Å². The molecule has 0 atom stereocenters. The highest BCUT2D eigenvalue weighted by molar-refractivity contribution is 5.61. The first-order chi connectivity index (χ1) is 6.70. The van der Waals surface area contributed by atoms with Crippen LogP contribution in [0.2, 0.25) is 0 Å². The van der Waals surface area contributed by atoms with Crippen LogP contribution in [-0.4, -0.2) is 4.98 Å². The van der Waals surface area contributed by atoms with Crippen LogP contribution in [0.15, 0.2) is 42.6 Å². The Morgan fingerprint density at radius 3 is 2.71 bits per heavy atom. The van der Waals surface area contributed by atoms with E-state index in [4.69, 9.17) is 0 Å². The molecule has 0 aliphatic rings. The highest BCUT2D eigenvalue weighted by atomic mass is 14.7. The Hall–Kier alpha value is -1.37. The third kappa shape index (κ3) is 3.56. The molecule has 14 heavy (non-hydrogen) atoms. The summed E-state index contributed by atoms with van der Waals surface area (Å²) in [6, 6.07) is 5.96. The molecule has 1 nitrogen and oxygen atoms in total. The molecule has 0 unspecified atom stereocenters. The molecule has 0 fully saturated rings. The van der Waals surface area contributed by atoms with Crippen LogP contribution in [0.4, 0.5) is 0 Å². The molecule has 1 aromatic heterocycles. The van der Waals surface area contributed by atoms with Crippen LogP contribution in [-0.2, 0) is 0 Å². The Labute approximate surface area is 86.2 Å². The fourth-order valence-electron chi connectivity index (χ4n) is 1.10. The Morgan fingerprint density at radius 1 is 1.36 bits per heavy atom. The maximum absolute atomic E-state index is 4.27. The molecule has 1 aromatic rings. The normalized spacial score (nSPS) is 12.7. The minimum absolute atomic E-state index is 0.600. The predicted octanol–water partition coefficient (Wildman–Crippen LogP) is 3.70.